The number of halogens is 1. The van der Waals surface area contributed by atoms with E-state index in [1.54, 1.807) is 29.6 Å². The zero-order chi connectivity index (χ0) is 20.8. The number of hydrogen-bond donors (Lipinski definition) is 2. The fourth-order valence-electron chi connectivity index (χ4n) is 2.54. The average molecular weight is 416 g/mol. The number of carbonyl (C=O) groups is 2. The molecule has 0 aliphatic carbocycles. The van der Waals surface area contributed by atoms with Crippen LogP contribution in [0.5, 0.6) is 0 Å². The van der Waals surface area contributed by atoms with E-state index in [-0.39, 0.29) is 36.4 Å². The predicted molar refractivity (Wildman–Crippen MR) is 108 cm³/mol. The molecule has 3 rings (SSSR count). The third-order valence-electron chi connectivity index (χ3n) is 4.09. The van der Waals surface area contributed by atoms with Crippen molar-refractivity contribution >= 4 is 29.0 Å². The molecule has 3 aromatic rings. The number of anilines is 1. The molecule has 0 fully saturated rings. The number of rotatable bonds is 7. The number of urea groups is 1. The second-order valence-electron chi connectivity index (χ2n) is 6.52. The molecule has 2 aromatic heterocycles. The number of aromatic nitrogens is 1. The summed E-state index contributed by atoms with van der Waals surface area (Å²) in [6.07, 6.45) is 1.54. The van der Waals surface area contributed by atoms with Gasteiger partial charge >= 0.3 is 6.03 Å². The Morgan fingerprint density at radius 2 is 2.03 bits per heavy atom. The quantitative estimate of drug-likeness (QED) is 0.603. The van der Waals surface area contributed by atoms with E-state index in [4.69, 9.17) is 4.42 Å². The molecule has 0 atom stereocenters. The van der Waals surface area contributed by atoms with Gasteiger partial charge < -0.3 is 20.0 Å². The summed E-state index contributed by atoms with van der Waals surface area (Å²) >= 11 is 1.28. The van der Waals surface area contributed by atoms with Crippen LogP contribution >= 0.6 is 11.3 Å². The Balaban J connectivity index is 1.62. The first-order valence-corrected chi connectivity index (χ1v) is 9.89. The highest BCUT2D eigenvalue weighted by Gasteiger charge is 2.21. The molecule has 0 radical (unpaired) electrons. The smallest absolute Gasteiger partial charge is 0.322 e. The van der Waals surface area contributed by atoms with E-state index in [9.17, 15) is 14.0 Å². The molecule has 2 N–H and O–H groups in total. The number of amides is 3. The first-order chi connectivity index (χ1) is 13.9. The van der Waals surface area contributed by atoms with Gasteiger partial charge in [0.25, 0.3) is 5.91 Å². The highest BCUT2D eigenvalue weighted by molar-refractivity contribution is 7.09. The molecule has 29 heavy (non-hydrogen) atoms. The lowest BCUT2D eigenvalue weighted by molar-refractivity contribution is 0.0943. The van der Waals surface area contributed by atoms with Gasteiger partial charge in [-0.2, -0.15) is 0 Å². The summed E-state index contributed by atoms with van der Waals surface area (Å²) < 4.78 is 19.0. The summed E-state index contributed by atoms with van der Waals surface area (Å²) in [5.41, 5.74) is 0.384. The predicted octanol–water partition coefficient (Wildman–Crippen LogP) is 4.25. The highest BCUT2D eigenvalue weighted by Crippen LogP contribution is 2.18. The lowest BCUT2D eigenvalue weighted by atomic mass is 10.3. The van der Waals surface area contributed by atoms with Crippen molar-refractivity contribution < 1.29 is 18.4 Å². The minimum Gasteiger partial charge on any atom is -0.467 e. The van der Waals surface area contributed by atoms with Crippen molar-refractivity contribution in [1.82, 2.24) is 15.2 Å². The van der Waals surface area contributed by atoms with E-state index in [0.29, 0.717) is 10.8 Å². The molecule has 0 aliphatic rings. The van der Waals surface area contributed by atoms with E-state index >= 15 is 0 Å². The van der Waals surface area contributed by atoms with E-state index in [1.165, 1.54) is 34.6 Å². The lowest BCUT2D eigenvalue weighted by Gasteiger charge is -2.26. The van der Waals surface area contributed by atoms with Gasteiger partial charge in [0, 0.05) is 11.4 Å². The molecule has 0 saturated carbocycles. The maximum absolute atomic E-state index is 13.8. The van der Waals surface area contributed by atoms with Crippen LogP contribution in [0.15, 0.2) is 52.5 Å². The first-order valence-electron chi connectivity index (χ1n) is 9.01. The van der Waals surface area contributed by atoms with Gasteiger partial charge in [0.05, 0.1) is 25.0 Å². The van der Waals surface area contributed by atoms with Gasteiger partial charge in [0.1, 0.15) is 22.3 Å². The van der Waals surface area contributed by atoms with E-state index in [2.05, 4.69) is 15.6 Å². The largest absolute Gasteiger partial charge is 0.467 e. The van der Waals surface area contributed by atoms with Gasteiger partial charge in [0.15, 0.2) is 0 Å². The third-order valence-corrected chi connectivity index (χ3v) is 4.93. The van der Waals surface area contributed by atoms with E-state index in [1.807, 2.05) is 13.8 Å². The fourth-order valence-corrected chi connectivity index (χ4v) is 3.32. The second-order valence-corrected chi connectivity index (χ2v) is 7.46. The van der Waals surface area contributed by atoms with Gasteiger partial charge in [-0.1, -0.05) is 12.1 Å². The lowest BCUT2D eigenvalue weighted by Crippen LogP contribution is -2.39. The number of nitrogens with one attached hydrogen (secondary N) is 2. The average Bonchev–Trinajstić information content (AvgIpc) is 3.37. The zero-order valence-corrected chi connectivity index (χ0v) is 16.8. The van der Waals surface area contributed by atoms with Crippen LogP contribution in [-0.4, -0.2) is 27.9 Å². The Kier molecular flexibility index (Phi) is 6.61. The minimum atomic E-state index is -0.505. The van der Waals surface area contributed by atoms with Crippen LogP contribution in [0.4, 0.5) is 14.9 Å². The Morgan fingerprint density at radius 3 is 2.72 bits per heavy atom. The normalized spacial score (nSPS) is 10.8. The number of furan rings is 1. The maximum atomic E-state index is 13.8. The summed E-state index contributed by atoms with van der Waals surface area (Å²) in [5, 5.41) is 7.55. The summed E-state index contributed by atoms with van der Waals surface area (Å²) in [6.45, 7) is 4.17. The summed E-state index contributed by atoms with van der Waals surface area (Å²) in [4.78, 5) is 30.7. The number of benzene rings is 1. The molecular formula is C20H21FN4O3S. The Labute approximate surface area is 171 Å². The summed E-state index contributed by atoms with van der Waals surface area (Å²) in [6, 6.07) is 8.90. The van der Waals surface area contributed by atoms with Gasteiger partial charge in [-0.3, -0.25) is 4.79 Å². The van der Waals surface area contributed by atoms with Crippen molar-refractivity contribution in [1.29, 1.82) is 0 Å². The Bertz CT molecular complexity index is 972. The van der Waals surface area contributed by atoms with Crippen LogP contribution in [0.1, 0.15) is 35.1 Å². The molecule has 1 aromatic carbocycles. The minimum absolute atomic E-state index is 0.111. The molecule has 9 heteroatoms. The maximum Gasteiger partial charge on any atom is 0.322 e. The highest BCUT2D eigenvalue weighted by atomic mass is 32.1. The number of para-hydroxylation sites is 1. The number of hydrogen-bond acceptors (Lipinski definition) is 5. The van der Waals surface area contributed by atoms with Crippen molar-refractivity contribution in [2.45, 2.75) is 33.0 Å². The molecule has 0 aliphatic heterocycles. The Morgan fingerprint density at radius 1 is 1.24 bits per heavy atom. The number of thiazole rings is 1. The van der Waals surface area contributed by atoms with Crippen molar-refractivity contribution in [2.75, 3.05) is 5.32 Å². The second kappa shape index (κ2) is 9.33. The number of nitrogens with zero attached hydrogens (tertiary/aromatic N) is 2. The monoisotopic (exact) mass is 416 g/mol. The van der Waals surface area contributed by atoms with Crippen molar-refractivity contribution in [3.05, 3.63) is 70.3 Å². The summed E-state index contributed by atoms with van der Waals surface area (Å²) in [5.74, 6) is -0.185. The molecule has 0 unspecified atom stereocenters. The van der Waals surface area contributed by atoms with Gasteiger partial charge in [-0.15, -0.1) is 11.3 Å². The molecule has 7 nitrogen and oxygen atoms in total. The molecule has 0 saturated heterocycles. The third kappa shape index (κ3) is 5.41. The molecule has 2 heterocycles. The van der Waals surface area contributed by atoms with E-state index < -0.39 is 11.8 Å². The topological polar surface area (TPSA) is 87.5 Å². The molecular weight excluding hydrogens is 395 g/mol. The molecule has 3 amide bonds. The zero-order valence-electron chi connectivity index (χ0n) is 16.0. The van der Waals surface area contributed by atoms with E-state index in [0.717, 1.165) is 0 Å². The van der Waals surface area contributed by atoms with Gasteiger partial charge in [-0.25, -0.2) is 14.2 Å². The van der Waals surface area contributed by atoms with Gasteiger partial charge in [0.2, 0.25) is 0 Å². The number of carbonyl (C=O) groups excluding carboxylic acids is 2. The van der Waals surface area contributed by atoms with Crippen LogP contribution in [0.3, 0.4) is 0 Å². The van der Waals surface area contributed by atoms with Crippen molar-refractivity contribution in [2.24, 2.45) is 0 Å². The van der Waals surface area contributed by atoms with Crippen LogP contribution in [0, 0.1) is 5.82 Å². The van der Waals surface area contributed by atoms with Crippen LogP contribution in [0.25, 0.3) is 0 Å². The van der Waals surface area contributed by atoms with Crippen LogP contribution < -0.4 is 10.6 Å². The SMILES string of the molecule is CC(C)N(Cc1nc(C(=O)NCc2ccco2)cs1)C(=O)Nc1ccccc1F. The fraction of sp³-hybridized carbons (Fsp3) is 0.250. The molecule has 0 bridgehead atoms. The van der Waals surface area contributed by atoms with Crippen molar-refractivity contribution in [3.8, 4) is 0 Å². The summed E-state index contributed by atoms with van der Waals surface area (Å²) in [7, 11) is 0. The standard InChI is InChI=1S/C20H21FN4O3S/c1-13(2)25(20(27)24-16-8-4-3-7-15(16)21)11-18-23-17(12-29-18)19(26)22-10-14-6-5-9-28-14/h3-9,12-13H,10-11H2,1-2H3,(H,22,26)(H,24,27). The van der Waals surface area contributed by atoms with Crippen molar-refractivity contribution in [3.63, 3.8) is 0 Å². The van der Waals surface area contributed by atoms with Gasteiger partial charge in [-0.05, 0) is 38.1 Å². The van der Waals surface area contributed by atoms with Crippen LogP contribution in [-0.2, 0) is 13.1 Å². The Hall–Kier alpha value is -3.20. The molecule has 0 spiro atoms. The molecule has 152 valence electrons. The van der Waals surface area contributed by atoms with Crippen LogP contribution in [0.2, 0.25) is 0 Å². The first kappa shape index (κ1) is 20.5.